The predicted octanol–water partition coefficient (Wildman–Crippen LogP) is 3.75. The van der Waals surface area contributed by atoms with Crippen LogP contribution in [0.15, 0.2) is 41.9 Å². The Hall–Kier alpha value is -2.34. The smallest absolute Gasteiger partial charge is 0.324 e. The Balaban J connectivity index is 1.72. The zero-order valence-electron chi connectivity index (χ0n) is 9.92. The number of aromatic nitrogens is 1. The van der Waals surface area contributed by atoms with Crippen molar-refractivity contribution in [2.75, 3.05) is 5.32 Å². The molecule has 0 saturated carbocycles. The van der Waals surface area contributed by atoms with Gasteiger partial charge < -0.3 is 10.3 Å². The molecule has 96 valence electrons. The molecule has 0 aliphatic heterocycles. The molecule has 2 aromatic heterocycles. The standard InChI is InChI=1S/C13H11N3O2S/c17-16(18)13-5-9(8-19-13)7-15-11-1-2-12-10(6-11)3-4-14-12/h1-6,8,14-15H,7H2. The van der Waals surface area contributed by atoms with Crippen LogP contribution < -0.4 is 5.32 Å². The van der Waals surface area contributed by atoms with E-state index in [0.717, 1.165) is 33.5 Å². The monoisotopic (exact) mass is 273 g/mol. The van der Waals surface area contributed by atoms with Gasteiger partial charge in [0.1, 0.15) is 0 Å². The highest BCUT2D eigenvalue weighted by Crippen LogP contribution is 2.24. The van der Waals surface area contributed by atoms with Crippen LogP contribution in [0.1, 0.15) is 5.56 Å². The first-order valence-corrected chi connectivity index (χ1v) is 6.63. The number of H-pyrrole nitrogens is 1. The van der Waals surface area contributed by atoms with Gasteiger partial charge in [-0.25, -0.2) is 0 Å². The molecule has 2 heterocycles. The van der Waals surface area contributed by atoms with Gasteiger partial charge in [-0.2, -0.15) is 0 Å². The summed E-state index contributed by atoms with van der Waals surface area (Å²) in [6, 6.07) is 9.66. The third kappa shape index (κ3) is 2.43. The van der Waals surface area contributed by atoms with Crippen molar-refractivity contribution in [3.8, 4) is 0 Å². The van der Waals surface area contributed by atoms with E-state index in [1.807, 2.05) is 30.5 Å². The normalized spacial score (nSPS) is 10.7. The second kappa shape index (κ2) is 4.74. The number of nitro groups is 1. The SMILES string of the molecule is O=[N+]([O-])c1cc(CNc2ccc3[nH]ccc3c2)cs1. The molecule has 5 nitrogen and oxygen atoms in total. The van der Waals surface area contributed by atoms with Crippen LogP contribution in [0.4, 0.5) is 10.7 Å². The lowest BCUT2D eigenvalue weighted by atomic mass is 10.2. The molecule has 0 bridgehead atoms. The zero-order valence-corrected chi connectivity index (χ0v) is 10.7. The molecule has 3 rings (SSSR count). The number of thiophene rings is 1. The topological polar surface area (TPSA) is 71.0 Å². The van der Waals surface area contributed by atoms with Crippen molar-refractivity contribution in [2.24, 2.45) is 0 Å². The number of hydrogen-bond acceptors (Lipinski definition) is 4. The van der Waals surface area contributed by atoms with Crippen LogP contribution in [-0.2, 0) is 6.54 Å². The highest BCUT2D eigenvalue weighted by Gasteiger charge is 2.09. The van der Waals surface area contributed by atoms with Gasteiger partial charge in [-0.3, -0.25) is 10.1 Å². The van der Waals surface area contributed by atoms with Crippen LogP contribution in [-0.4, -0.2) is 9.91 Å². The van der Waals surface area contributed by atoms with Gasteiger partial charge >= 0.3 is 5.00 Å². The minimum atomic E-state index is -0.361. The van der Waals surface area contributed by atoms with Crippen LogP contribution in [0.25, 0.3) is 10.9 Å². The summed E-state index contributed by atoms with van der Waals surface area (Å²) in [6.45, 7) is 0.584. The Bertz CT molecular complexity index is 732. The molecular weight excluding hydrogens is 262 g/mol. The number of rotatable bonds is 4. The fourth-order valence-corrected chi connectivity index (χ4v) is 2.65. The van der Waals surface area contributed by atoms with Crippen LogP contribution in [0.5, 0.6) is 0 Å². The largest absolute Gasteiger partial charge is 0.381 e. The second-order valence-corrected chi connectivity index (χ2v) is 5.07. The van der Waals surface area contributed by atoms with Crippen molar-refractivity contribution in [1.29, 1.82) is 0 Å². The number of aromatic amines is 1. The summed E-state index contributed by atoms with van der Waals surface area (Å²) >= 11 is 1.15. The van der Waals surface area contributed by atoms with E-state index in [1.54, 1.807) is 11.4 Å². The van der Waals surface area contributed by atoms with E-state index in [1.165, 1.54) is 0 Å². The molecule has 3 aromatic rings. The first-order valence-electron chi connectivity index (χ1n) is 5.75. The summed E-state index contributed by atoms with van der Waals surface area (Å²) < 4.78 is 0. The molecule has 2 N–H and O–H groups in total. The summed E-state index contributed by atoms with van der Waals surface area (Å²) in [5.41, 5.74) is 3.02. The van der Waals surface area contributed by atoms with Gasteiger partial charge in [0, 0.05) is 40.8 Å². The number of anilines is 1. The average Bonchev–Trinajstić information content (AvgIpc) is 3.04. The molecule has 0 spiro atoms. The van der Waals surface area contributed by atoms with Crippen LogP contribution in [0.2, 0.25) is 0 Å². The van der Waals surface area contributed by atoms with E-state index in [4.69, 9.17) is 0 Å². The minimum Gasteiger partial charge on any atom is -0.381 e. The summed E-state index contributed by atoms with van der Waals surface area (Å²) in [6.07, 6.45) is 1.90. The minimum absolute atomic E-state index is 0.179. The van der Waals surface area contributed by atoms with Gasteiger partial charge in [0.25, 0.3) is 0 Å². The summed E-state index contributed by atoms with van der Waals surface area (Å²) in [7, 11) is 0. The van der Waals surface area contributed by atoms with E-state index in [-0.39, 0.29) is 9.92 Å². The van der Waals surface area contributed by atoms with Gasteiger partial charge in [-0.1, -0.05) is 11.3 Å². The first-order chi connectivity index (χ1) is 9.22. The Labute approximate surface area is 113 Å². The maximum Gasteiger partial charge on any atom is 0.324 e. The van der Waals surface area contributed by atoms with Gasteiger partial charge in [-0.05, 0) is 29.8 Å². The molecule has 0 radical (unpaired) electrons. The summed E-state index contributed by atoms with van der Waals surface area (Å²) in [4.78, 5) is 13.4. The number of benzene rings is 1. The van der Waals surface area contributed by atoms with E-state index < -0.39 is 0 Å². The molecule has 19 heavy (non-hydrogen) atoms. The molecule has 1 aromatic carbocycles. The Morgan fingerprint density at radius 1 is 1.32 bits per heavy atom. The molecule has 0 fully saturated rings. The Kier molecular flexibility index (Phi) is 2.92. The van der Waals surface area contributed by atoms with Crippen molar-refractivity contribution in [1.82, 2.24) is 4.98 Å². The van der Waals surface area contributed by atoms with E-state index in [2.05, 4.69) is 10.3 Å². The van der Waals surface area contributed by atoms with E-state index >= 15 is 0 Å². The molecule has 0 aliphatic carbocycles. The zero-order chi connectivity index (χ0) is 13.2. The number of hydrogen-bond donors (Lipinski definition) is 2. The van der Waals surface area contributed by atoms with Crippen LogP contribution >= 0.6 is 11.3 Å². The third-order valence-electron chi connectivity index (χ3n) is 2.87. The number of nitrogens with zero attached hydrogens (tertiary/aromatic N) is 1. The quantitative estimate of drug-likeness (QED) is 0.561. The van der Waals surface area contributed by atoms with Crippen molar-refractivity contribution >= 4 is 32.9 Å². The summed E-state index contributed by atoms with van der Waals surface area (Å²) in [5, 5.41) is 17.0. The Morgan fingerprint density at radius 2 is 2.21 bits per heavy atom. The molecule has 0 unspecified atom stereocenters. The second-order valence-electron chi connectivity index (χ2n) is 4.18. The van der Waals surface area contributed by atoms with E-state index in [9.17, 15) is 10.1 Å². The maximum atomic E-state index is 10.6. The lowest BCUT2D eigenvalue weighted by molar-refractivity contribution is -0.380. The van der Waals surface area contributed by atoms with Crippen LogP contribution in [0.3, 0.4) is 0 Å². The number of fused-ring (bicyclic) bond motifs is 1. The van der Waals surface area contributed by atoms with Gasteiger partial charge in [-0.15, -0.1) is 0 Å². The molecule has 0 atom stereocenters. The molecule has 0 saturated heterocycles. The van der Waals surface area contributed by atoms with Crippen molar-refractivity contribution in [3.63, 3.8) is 0 Å². The molecule has 6 heteroatoms. The Morgan fingerprint density at radius 3 is 3.00 bits per heavy atom. The van der Waals surface area contributed by atoms with Crippen molar-refractivity contribution in [3.05, 3.63) is 57.6 Å². The molecule has 0 aliphatic rings. The predicted molar refractivity (Wildman–Crippen MR) is 76.6 cm³/mol. The third-order valence-corrected chi connectivity index (χ3v) is 3.80. The summed E-state index contributed by atoms with van der Waals surface area (Å²) in [5.74, 6) is 0. The lowest BCUT2D eigenvalue weighted by Gasteiger charge is -2.04. The first kappa shape index (κ1) is 11.7. The average molecular weight is 273 g/mol. The highest BCUT2D eigenvalue weighted by atomic mass is 32.1. The number of nitrogens with one attached hydrogen (secondary N) is 2. The van der Waals surface area contributed by atoms with E-state index in [0.29, 0.717) is 6.54 Å². The van der Waals surface area contributed by atoms with Crippen molar-refractivity contribution < 1.29 is 4.92 Å². The van der Waals surface area contributed by atoms with Crippen LogP contribution in [0, 0.1) is 10.1 Å². The fourth-order valence-electron chi connectivity index (χ4n) is 1.92. The van der Waals surface area contributed by atoms with Gasteiger partial charge in [0.15, 0.2) is 0 Å². The maximum absolute atomic E-state index is 10.6. The van der Waals surface area contributed by atoms with Crippen molar-refractivity contribution in [2.45, 2.75) is 6.54 Å². The van der Waals surface area contributed by atoms with Gasteiger partial charge in [0.2, 0.25) is 0 Å². The molecule has 0 amide bonds. The fraction of sp³-hybridized carbons (Fsp3) is 0.0769. The highest BCUT2D eigenvalue weighted by molar-refractivity contribution is 7.13. The lowest BCUT2D eigenvalue weighted by Crippen LogP contribution is -1.97. The van der Waals surface area contributed by atoms with Gasteiger partial charge in [0.05, 0.1) is 4.92 Å². The molecular formula is C13H11N3O2S.